The summed E-state index contributed by atoms with van der Waals surface area (Å²) in [4.78, 5) is 8.62. The van der Waals surface area contributed by atoms with Crippen molar-refractivity contribution in [2.24, 2.45) is 5.73 Å². The maximum atomic E-state index is 6.00. The maximum absolute atomic E-state index is 6.00. The number of hydrogen-bond donors (Lipinski definition) is 1. The average molecular weight is 274 g/mol. The van der Waals surface area contributed by atoms with Crippen LogP contribution in [0.3, 0.4) is 0 Å². The number of methoxy groups -OCH3 is 1. The summed E-state index contributed by atoms with van der Waals surface area (Å²) in [5.41, 5.74) is 6.82. The van der Waals surface area contributed by atoms with E-state index in [0.717, 1.165) is 31.2 Å². The quantitative estimate of drug-likeness (QED) is 0.922. The Labute approximate surface area is 117 Å². The van der Waals surface area contributed by atoms with Crippen molar-refractivity contribution in [3.8, 4) is 17.3 Å². The Hall–Kier alpha value is -1.95. The normalized spacial score (nSPS) is 22.7. The fourth-order valence-corrected chi connectivity index (χ4v) is 2.60. The van der Waals surface area contributed by atoms with Crippen LogP contribution in [0.5, 0.6) is 5.88 Å². The van der Waals surface area contributed by atoms with E-state index in [1.165, 1.54) is 0 Å². The molecule has 106 valence electrons. The third kappa shape index (κ3) is 2.65. The Balaban J connectivity index is 1.78. The van der Waals surface area contributed by atoms with Gasteiger partial charge in [-0.25, -0.2) is 4.98 Å². The van der Waals surface area contributed by atoms with Crippen LogP contribution in [-0.2, 0) is 0 Å². The fourth-order valence-electron chi connectivity index (χ4n) is 2.60. The van der Waals surface area contributed by atoms with E-state index in [9.17, 15) is 0 Å². The van der Waals surface area contributed by atoms with E-state index in [4.69, 9.17) is 15.0 Å². The third-order valence-electron chi connectivity index (χ3n) is 3.71. The lowest BCUT2D eigenvalue weighted by Gasteiger charge is -2.23. The molecule has 1 fully saturated rings. The van der Waals surface area contributed by atoms with Gasteiger partial charge in [0.2, 0.25) is 17.6 Å². The van der Waals surface area contributed by atoms with Crippen LogP contribution >= 0.6 is 0 Å². The van der Waals surface area contributed by atoms with Crippen molar-refractivity contribution in [2.75, 3.05) is 7.11 Å². The first-order valence-electron chi connectivity index (χ1n) is 6.86. The number of nitrogens with zero attached hydrogens (tertiary/aromatic N) is 3. The topological polar surface area (TPSA) is 87.1 Å². The minimum Gasteiger partial charge on any atom is -0.481 e. The van der Waals surface area contributed by atoms with Crippen LogP contribution in [0.1, 0.15) is 37.5 Å². The molecule has 2 aromatic heterocycles. The number of rotatable bonds is 3. The van der Waals surface area contributed by atoms with Crippen molar-refractivity contribution in [3.05, 3.63) is 24.2 Å². The second kappa shape index (κ2) is 5.58. The second-order valence-electron chi connectivity index (χ2n) is 5.17. The Kier molecular flexibility index (Phi) is 3.64. The SMILES string of the molecule is COc1ccc(-c2noc(C3CCCC(N)C3)n2)cn1. The van der Waals surface area contributed by atoms with E-state index >= 15 is 0 Å². The summed E-state index contributed by atoms with van der Waals surface area (Å²) in [5, 5.41) is 4.03. The molecule has 0 saturated heterocycles. The highest BCUT2D eigenvalue weighted by molar-refractivity contribution is 5.53. The standard InChI is InChI=1S/C14H18N4O2/c1-19-12-6-5-10(8-16-12)13-17-14(20-18-13)9-3-2-4-11(15)7-9/h5-6,8-9,11H,2-4,7,15H2,1H3. The maximum Gasteiger partial charge on any atom is 0.230 e. The van der Waals surface area contributed by atoms with Gasteiger partial charge in [0.1, 0.15) is 0 Å². The average Bonchev–Trinajstić information content (AvgIpc) is 2.97. The molecule has 2 aromatic rings. The molecule has 2 atom stereocenters. The van der Waals surface area contributed by atoms with Crippen molar-refractivity contribution < 1.29 is 9.26 Å². The van der Waals surface area contributed by atoms with Crippen LogP contribution in [0, 0.1) is 0 Å². The van der Waals surface area contributed by atoms with Crippen molar-refractivity contribution in [2.45, 2.75) is 37.6 Å². The van der Waals surface area contributed by atoms with Gasteiger partial charge in [0.15, 0.2) is 0 Å². The highest BCUT2D eigenvalue weighted by Crippen LogP contribution is 2.32. The molecular formula is C14H18N4O2. The largest absolute Gasteiger partial charge is 0.481 e. The van der Waals surface area contributed by atoms with Gasteiger partial charge in [0, 0.05) is 29.8 Å². The van der Waals surface area contributed by atoms with Gasteiger partial charge in [-0.05, 0) is 25.3 Å². The molecule has 1 aliphatic rings. The first-order chi connectivity index (χ1) is 9.76. The van der Waals surface area contributed by atoms with E-state index < -0.39 is 0 Å². The zero-order chi connectivity index (χ0) is 13.9. The molecule has 0 radical (unpaired) electrons. The van der Waals surface area contributed by atoms with Gasteiger partial charge in [-0.1, -0.05) is 11.6 Å². The predicted molar refractivity (Wildman–Crippen MR) is 73.3 cm³/mol. The summed E-state index contributed by atoms with van der Waals surface area (Å²) in [6, 6.07) is 3.89. The van der Waals surface area contributed by atoms with Crippen molar-refractivity contribution in [1.82, 2.24) is 15.1 Å². The lowest BCUT2D eigenvalue weighted by atomic mass is 9.86. The number of aromatic nitrogens is 3. The summed E-state index contributed by atoms with van der Waals surface area (Å²) >= 11 is 0. The van der Waals surface area contributed by atoms with Gasteiger partial charge in [-0.3, -0.25) is 0 Å². The summed E-state index contributed by atoms with van der Waals surface area (Å²) < 4.78 is 10.4. The molecule has 0 bridgehead atoms. The van der Waals surface area contributed by atoms with Crippen LogP contribution in [-0.4, -0.2) is 28.3 Å². The molecule has 6 heteroatoms. The van der Waals surface area contributed by atoms with Crippen molar-refractivity contribution in [3.63, 3.8) is 0 Å². The van der Waals surface area contributed by atoms with Crippen LogP contribution in [0.4, 0.5) is 0 Å². The second-order valence-corrected chi connectivity index (χ2v) is 5.17. The molecule has 0 spiro atoms. The molecule has 1 aliphatic carbocycles. The van der Waals surface area contributed by atoms with E-state index in [1.807, 2.05) is 6.07 Å². The molecule has 6 nitrogen and oxygen atoms in total. The highest BCUT2D eigenvalue weighted by Gasteiger charge is 2.25. The van der Waals surface area contributed by atoms with E-state index in [0.29, 0.717) is 17.6 Å². The molecule has 0 amide bonds. The lowest BCUT2D eigenvalue weighted by Crippen LogP contribution is -2.26. The molecule has 2 heterocycles. The molecule has 0 aliphatic heterocycles. The first-order valence-corrected chi connectivity index (χ1v) is 6.86. The van der Waals surface area contributed by atoms with Gasteiger partial charge in [-0.2, -0.15) is 4.98 Å². The van der Waals surface area contributed by atoms with Crippen molar-refractivity contribution in [1.29, 1.82) is 0 Å². The van der Waals surface area contributed by atoms with Crippen LogP contribution in [0.15, 0.2) is 22.9 Å². The summed E-state index contributed by atoms with van der Waals surface area (Å²) in [7, 11) is 1.58. The summed E-state index contributed by atoms with van der Waals surface area (Å²) in [5.74, 6) is 2.10. The number of nitrogens with two attached hydrogens (primary N) is 1. The zero-order valence-electron chi connectivity index (χ0n) is 11.5. The van der Waals surface area contributed by atoms with Gasteiger partial charge >= 0.3 is 0 Å². The van der Waals surface area contributed by atoms with Gasteiger partial charge in [-0.15, -0.1) is 0 Å². The molecule has 2 unspecified atom stereocenters. The number of pyridine rings is 1. The lowest BCUT2D eigenvalue weighted by molar-refractivity contribution is 0.299. The molecular weight excluding hydrogens is 256 g/mol. The highest BCUT2D eigenvalue weighted by atomic mass is 16.5. The van der Waals surface area contributed by atoms with E-state index in [-0.39, 0.29) is 12.0 Å². The van der Waals surface area contributed by atoms with E-state index in [1.54, 1.807) is 19.4 Å². The number of hydrogen-bond acceptors (Lipinski definition) is 6. The molecule has 20 heavy (non-hydrogen) atoms. The first kappa shape index (κ1) is 13.1. The van der Waals surface area contributed by atoms with E-state index in [2.05, 4.69) is 15.1 Å². The van der Waals surface area contributed by atoms with Crippen LogP contribution < -0.4 is 10.5 Å². The molecule has 3 rings (SSSR count). The van der Waals surface area contributed by atoms with Gasteiger partial charge in [0.05, 0.1) is 7.11 Å². The minimum absolute atomic E-state index is 0.242. The predicted octanol–water partition coefficient (Wildman–Crippen LogP) is 2.13. The van der Waals surface area contributed by atoms with Crippen LogP contribution in [0.25, 0.3) is 11.4 Å². The smallest absolute Gasteiger partial charge is 0.230 e. The molecule has 0 aromatic carbocycles. The summed E-state index contributed by atoms with van der Waals surface area (Å²) in [6.45, 7) is 0. The summed E-state index contributed by atoms with van der Waals surface area (Å²) in [6.07, 6.45) is 5.87. The Morgan fingerprint density at radius 1 is 1.35 bits per heavy atom. The van der Waals surface area contributed by atoms with Crippen LogP contribution in [0.2, 0.25) is 0 Å². The molecule has 1 saturated carbocycles. The Morgan fingerprint density at radius 2 is 2.25 bits per heavy atom. The third-order valence-corrected chi connectivity index (χ3v) is 3.71. The Bertz CT molecular complexity index is 567. The monoisotopic (exact) mass is 274 g/mol. The fraction of sp³-hybridized carbons (Fsp3) is 0.500. The molecule has 2 N–H and O–H groups in total. The zero-order valence-corrected chi connectivity index (χ0v) is 11.5. The van der Waals surface area contributed by atoms with Gasteiger partial charge < -0.3 is 15.0 Å². The van der Waals surface area contributed by atoms with Gasteiger partial charge in [0.25, 0.3) is 0 Å². The Morgan fingerprint density at radius 3 is 2.95 bits per heavy atom. The minimum atomic E-state index is 0.242. The number of ether oxygens (including phenoxy) is 1. The van der Waals surface area contributed by atoms with Crippen molar-refractivity contribution >= 4 is 0 Å².